The molecule has 0 aliphatic rings. The number of thioether (sulfide) groups is 1. The number of ether oxygens (including phenoxy) is 1. The lowest BCUT2D eigenvalue weighted by Crippen LogP contribution is -2.15. The van der Waals surface area contributed by atoms with E-state index >= 15 is 0 Å². The summed E-state index contributed by atoms with van der Waals surface area (Å²) in [5.74, 6) is 0.613. The Balaban J connectivity index is 1.62. The highest BCUT2D eigenvalue weighted by Gasteiger charge is 2.17. The van der Waals surface area contributed by atoms with Crippen LogP contribution in [-0.4, -0.2) is 23.8 Å². The molecule has 0 saturated carbocycles. The number of hydrogen-bond donors (Lipinski definition) is 2. The summed E-state index contributed by atoms with van der Waals surface area (Å²) in [6.07, 6.45) is 0. The standard InChI is InChI=1S/C26H21BrN4O2S2/c1-16-12-18(10-11-21(16)27)29-24(32)15-34-25(30-17-6-5-7-19(13-17)33-2)20(14-28)26-31-22-8-3-4-9-23(22)35-26/h3-13,30H,15H2,1-2H3,(H,29,32)/b25-20+. The third-order valence-corrected chi connectivity index (χ3v) is 7.91. The highest BCUT2D eigenvalue weighted by molar-refractivity contribution is 9.10. The zero-order valence-electron chi connectivity index (χ0n) is 19.0. The number of fused-ring (bicyclic) bond motifs is 1. The van der Waals surface area contributed by atoms with Gasteiger partial charge in [0.25, 0.3) is 0 Å². The minimum absolute atomic E-state index is 0.109. The number of nitrogens with one attached hydrogen (secondary N) is 2. The number of aromatic nitrogens is 1. The molecule has 0 saturated heterocycles. The number of hydrogen-bond acceptors (Lipinski definition) is 7. The van der Waals surface area contributed by atoms with E-state index in [9.17, 15) is 10.1 Å². The van der Waals surface area contributed by atoms with Crippen LogP contribution in [0.5, 0.6) is 5.75 Å². The fourth-order valence-corrected chi connectivity index (χ4v) is 5.34. The molecule has 1 heterocycles. The maximum atomic E-state index is 12.7. The molecule has 3 aromatic carbocycles. The number of nitrogens with zero attached hydrogens (tertiary/aromatic N) is 2. The number of carbonyl (C=O) groups is 1. The lowest BCUT2D eigenvalue weighted by Gasteiger charge is -2.13. The summed E-state index contributed by atoms with van der Waals surface area (Å²) in [5, 5.41) is 17.4. The van der Waals surface area contributed by atoms with Gasteiger partial charge in [-0.2, -0.15) is 5.26 Å². The van der Waals surface area contributed by atoms with E-state index in [2.05, 4.69) is 37.6 Å². The molecule has 0 fully saturated rings. The van der Waals surface area contributed by atoms with E-state index in [1.54, 1.807) is 7.11 Å². The van der Waals surface area contributed by atoms with Crippen LogP contribution in [0.2, 0.25) is 0 Å². The SMILES string of the molecule is COc1cccc(N/C(SCC(=O)Nc2ccc(Br)c(C)c2)=C(/C#N)c2nc3ccccc3s2)c1. The highest BCUT2D eigenvalue weighted by atomic mass is 79.9. The van der Waals surface area contributed by atoms with Crippen LogP contribution >= 0.6 is 39.0 Å². The minimum Gasteiger partial charge on any atom is -0.497 e. The van der Waals surface area contributed by atoms with E-state index in [-0.39, 0.29) is 11.7 Å². The van der Waals surface area contributed by atoms with Gasteiger partial charge in [-0.25, -0.2) is 4.98 Å². The second kappa shape index (κ2) is 11.4. The molecule has 0 unspecified atom stereocenters. The Morgan fingerprint density at radius 2 is 1.91 bits per heavy atom. The Morgan fingerprint density at radius 3 is 2.66 bits per heavy atom. The van der Waals surface area contributed by atoms with Crippen molar-refractivity contribution in [2.45, 2.75) is 6.92 Å². The van der Waals surface area contributed by atoms with Gasteiger partial charge in [-0.05, 0) is 55.0 Å². The van der Waals surface area contributed by atoms with Crippen molar-refractivity contribution in [3.05, 3.63) is 86.8 Å². The number of benzene rings is 3. The molecule has 0 spiro atoms. The minimum atomic E-state index is -0.178. The quantitative estimate of drug-likeness (QED) is 0.223. The first kappa shape index (κ1) is 24.8. The summed E-state index contributed by atoms with van der Waals surface area (Å²) >= 11 is 6.16. The maximum absolute atomic E-state index is 12.7. The van der Waals surface area contributed by atoms with Gasteiger partial charge in [-0.3, -0.25) is 4.79 Å². The van der Waals surface area contributed by atoms with Crippen LogP contribution in [0.25, 0.3) is 15.8 Å². The summed E-state index contributed by atoms with van der Waals surface area (Å²) in [6.45, 7) is 1.96. The maximum Gasteiger partial charge on any atom is 0.234 e. The first-order valence-electron chi connectivity index (χ1n) is 10.6. The molecule has 4 aromatic rings. The van der Waals surface area contributed by atoms with Crippen molar-refractivity contribution < 1.29 is 9.53 Å². The normalized spacial score (nSPS) is 11.5. The summed E-state index contributed by atoms with van der Waals surface area (Å²) in [7, 11) is 1.60. The topological polar surface area (TPSA) is 87.0 Å². The number of halogens is 1. The molecule has 6 nitrogen and oxygen atoms in total. The number of anilines is 2. The number of nitriles is 1. The molecule has 0 bridgehead atoms. The van der Waals surface area contributed by atoms with Gasteiger partial charge in [0.05, 0.1) is 28.1 Å². The van der Waals surface area contributed by atoms with Gasteiger partial charge in [0.1, 0.15) is 22.4 Å². The number of allylic oxidation sites excluding steroid dienone is 1. The van der Waals surface area contributed by atoms with Crippen molar-refractivity contribution in [1.29, 1.82) is 5.26 Å². The molecule has 1 amide bonds. The molecule has 0 aliphatic heterocycles. The zero-order valence-corrected chi connectivity index (χ0v) is 22.2. The van der Waals surface area contributed by atoms with Crippen LogP contribution in [0, 0.1) is 18.3 Å². The number of carbonyl (C=O) groups excluding carboxylic acids is 1. The Bertz CT molecular complexity index is 1430. The van der Waals surface area contributed by atoms with E-state index in [4.69, 9.17) is 4.74 Å². The van der Waals surface area contributed by atoms with E-state index in [1.165, 1.54) is 23.1 Å². The number of rotatable bonds is 8. The molecular weight excluding hydrogens is 544 g/mol. The summed E-state index contributed by atoms with van der Waals surface area (Å²) in [5.41, 5.74) is 3.69. The number of thiazole rings is 1. The smallest absolute Gasteiger partial charge is 0.234 e. The number of methoxy groups -OCH3 is 1. The van der Waals surface area contributed by atoms with E-state index < -0.39 is 0 Å². The monoisotopic (exact) mass is 564 g/mol. The molecule has 176 valence electrons. The van der Waals surface area contributed by atoms with Crippen LogP contribution in [0.1, 0.15) is 10.6 Å². The van der Waals surface area contributed by atoms with E-state index in [0.717, 1.165) is 25.9 Å². The van der Waals surface area contributed by atoms with Gasteiger partial charge >= 0.3 is 0 Å². The van der Waals surface area contributed by atoms with Crippen molar-refractivity contribution in [2.24, 2.45) is 0 Å². The molecule has 2 N–H and O–H groups in total. The van der Waals surface area contributed by atoms with Gasteiger partial charge in [0.2, 0.25) is 5.91 Å². The highest BCUT2D eigenvalue weighted by Crippen LogP contribution is 2.33. The van der Waals surface area contributed by atoms with Crippen molar-refractivity contribution in [3.63, 3.8) is 0 Å². The molecule has 35 heavy (non-hydrogen) atoms. The van der Waals surface area contributed by atoms with Gasteiger partial charge < -0.3 is 15.4 Å². The van der Waals surface area contributed by atoms with Crippen molar-refractivity contribution in [3.8, 4) is 11.8 Å². The lowest BCUT2D eigenvalue weighted by molar-refractivity contribution is -0.113. The first-order chi connectivity index (χ1) is 17.0. The van der Waals surface area contributed by atoms with E-state index in [1.807, 2.05) is 73.7 Å². The number of amides is 1. The number of aryl methyl sites for hydroxylation is 1. The van der Waals surface area contributed by atoms with Gasteiger partial charge in [-0.15, -0.1) is 11.3 Å². The van der Waals surface area contributed by atoms with Gasteiger partial charge in [0.15, 0.2) is 0 Å². The Kier molecular flexibility index (Phi) is 8.08. The molecular formula is C26H21BrN4O2S2. The molecule has 0 aliphatic carbocycles. The average Bonchev–Trinajstić information content (AvgIpc) is 3.29. The van der Waals surface area contributed by atoms with Gasteiger partial charge in [0, 0.05) is 21.9 Å². The van der Waals surface area contributed by atoms with Crippen molar-refractivity contribution >= 4 is 72.1 Å². The second-order valence-electron chi connectivity index (χ2n) is 7.46. The Morgan fingerprint density at radius 1 is 1.11 bits per heavy atom. The van der Waals surface area contributed by atoms with E-state index in [0.29, 0.717) is 27.0 Å². The lowest BCUT2D eigenvalue weighted by atomic mass is 10.2. The van der Waals surface area contributed by atoms with Crippen LogP contribution in [0.15, 0.2) is 76.2 Å². The van der Waals surface area contributed by atoms with Crippen LogP contribution < -0.4 is 15.4 Å². The molecule has 9 heteroatoms. The first-order valence-corrected chi connectivity index (χ1v) is 13.2. The van der Waals surface area contributed by atoms with Crippen LogP contribution in [0.4, 0.5) is 11.4 Å². The average molecular weight is 566 g/mol. The molecule has 1 aromatic heterocycles. The van der Waals surface area contributed by atoms with Gasteiger partial charge in [-0.1, -0.05) is 45.9 Å². The predicted octanol–water partition coefficient (Wildman–Crippen LogP) is 7.05. The second-order valence-corrected chi connectivity index (χ2v) is 10.3. The summed E-state index contributed by atoms with van der Waals surface area (Å²) in [4.78, 5) is 17.4. The third-order valence-electron chi connectivity index (χ3n) is 4.96. The van der Waals surface area contributed by atoms with Crippen LogP contribution in [0.3, 0.4) is 0 Å². The number of para-hydroxylation sites is 1. The molecule has 4 rings (SSSR count). The predicted molar refractivity (Wildman–Crippen MR) is 149 cm³/mol. The van der Waals surface area contributed by atoms with Crippen molar-refractivity contribution in [1.82, 2.24) is 4.98 Å². The van der Waals surface area contributed by atoms with Crippen LogP contribution in [-0.2, 0) is 4.79 Å². The molecule has 0 radical (unpaired) electrons. The fraction of sp³-hybridized carbons (Fsp3) is 0.115. The zero-order chi connectivity index (χ0) is 24.8. The largest absolute Gasteiger partial charge is 0.497 e. The fourth-order valence-electron chi connectivity index (χ4n) is 3.23. The third kappa shape index (κ3) is 6.22. The summed E-state index contributed by atoms with van der Waals surface area (Å²) < 4.78 is 7.29. The Labute approximate surface area is 220 Å². The summed E-state index contributed by atoms with van der Waals surface area (Å²) in [6, 6.07) is 23.1. The molecule has 0 atom stereocenters. The van der Waals surface area contributed by atoms with Crippen molar-refractivity contribution in [2.75, 3.05) is 23.5 Å². The Hall–Kier alpha value is -3.32.